The summed E-state index contributed by atoms with van der Waals surface area (Å²) in [6, 6.07) is 0. The Morgan fingerprint density at radius 3 is 1.69 bits per heavy atom. The molecule has 0 radical (unpaired) electrons. The van der Waals surface area contributed by atoms with Crippen LogP contribution in [0, 0.1) is 21.4 Å². The second kappa shape index (κ2) is 25.0. The van der Waals surface area contributed by atoms with Crippen molar-refractivity contribution in [2.45, 2.75) is 45.7 Å². The molecule has 0 spiro atoms. The van der Waals surface area contributed by atoms with Gasteiger partial charge in [-0.3, -0.25) is 24.0 Å². The molecular formula is C33H37I6N5O14. The highest BCUT2D eigenvalue weighted by Gasteiger charge is 2.31. The molecule has 5 amide bonds. The third-order valence-electron chi connectivity index (χ3n) is 7.40. The average Bonchev–Trinajstić information content (AvgIpc) is 3.14. The molecule has 19 nitrogen and oxygen atoms in total. The molecule has 2 rings (SSSR count). The van der Waals surface area contributed by atoms with Gasteiger partial charge in [-0.15, -0.1) is 0 Å². The Labute approximate surface area is 413 Å². The van der Waals surface area contributed by atoms with Gasteiger partial charge in [0, 0.05) is 51.6 Å². The molecule has 320 valence electrons. The third-order valence-corrected chi connectivity index (χ3v) is 14.0. The van der Waals surface area contributed by atoms with Crippen molar-refractivity contribution in [1.82, 2.24) is 16.0 Å². The molecule has 2 aromatic carbocycles. The number of carbonyl (C=O) groups is 7. The molecule has 0 aromatic heterocycles. The Morgan fingerprint density at radius 2 is 1.22 bits per heavy atom. The molecule has 0 bridgehead atoms. The van der Waals surface area contributed by atoms with E-state index in [1.165, 1.54) is 32.7 Å². The van der Waals surface area contributed by atoms with Crippen LogP contribution in [0.4, 0.5) is 16.2 Å². The first-order chi connectivity index (χ1) is 27.1. The van der Waals surface area contributed by atoms with Gasteiger partial charge in [-0.1, -0.05) is 0 Å². The van der Waals surface area contributed by atoms with Crippen LogP contribution in [0.5, 0.6) is 0 Å². The monoisotopic (exact) mass is 1490 g/mol. The van der Waals surface area contributed by atoms with Gasteiger partial charge in [-0.2, -0.15) is 0 Å². The number of benzene rings is 2. The van der Waals surface area contributed by atoms with Crippen molar-refractivity contribution in [2.24, 2.45) is 0 Å². The van der Waals surface area contributed by atoms with E-state index in [9.17, 15) is 43.8 Å². The normalized spacial score (nSPS) is 12.4. The van der Waals surface area contributed by atoms with Crippen molar-refractivity contribution in [3.05, 3.63) is 43.7 Å². The number of anilines is 2. The van der Waals surface area contributed by atoms with Gasteiger partial charge < -0.3 is 60.8 Å². The maximum absolute atomic E-state index is 13.4. The summed E-state index contributed by atoms with van der Waals surface area (Å²) in [4.78, 5) is 90.9. The molecule has 3 atom stereocenters. The number of halogens is 6. The smallest absolute Gasteiger partial charge is 0.432 e. The van der Waals surface area contributed by atoms with Gasteiger partial charge >= 0.3 is 12.1 Å². The minimum Gasteiger partial charge on any atom is -0.432 e. The van der Waals surface area contributed by atoms with Crippen LogP contribution in [0.1, 0.15) is 57.4 Å². The summed E-state index contributed by atoms with van der Waals surface area (Å²) < 4.78 is 17.5. The van der Waals surface area contributed by atoms with Crippen molar-refractivity contribution in [2.75, 3.05) is 56.7 Å². The fourth-order valence-electron chi connectivity index (χ4n) is 4.52. The van der Waals surface area contributed by atoms with Crippen molar-refractivity contribution in [3.8, 4) is 0 Å². The minimum absolute atomic E-state index is 0.0129. The van der Waals surface area contributed by atoms with E-state index in [0.29, 0.717) is 23.5 Å². The van der Waals surface area contributed by atoms with Gasteiger partial charge in [0.2, 0.25) is 24.0 Å². The lowest BCUT2D eigenvalue weighted by molar-refractivity contribution is -0.121. The molecular weight excluding hydrogens is 1450 g/mol. The highest BCUT2D eigenvalue weighted by atomic mass is 127. The molecule has 0 heterocycles. The fraction of sp³-hybridized carbons (Fsp3) is 0.424. The summed E-state index contributed by atoms with van der Waals surface area (Å²) in [6.45, 7) is 1.49. The number of aliphatic hydroxyl groups excluding tert-OH is 4. The number of amides is 5. The Kier molecular flexibility index (Phi) is 22.8. The third kappa shape index (κ3) is 14.7. The molecule has 58 heavy (non-hydrogen) atoms. The van der Waals surface area contributed by atoms with Crippen molar-refractivity contribution >= 4 is 189 Å². The second-order valence-corrected chi connectivity index (χ2v) is 18.3. The Hall–Kier alpha value is -1.25. The van der Waals surface area contributed by atoms with Crippen LogP contribution in [0.25, 0.3) is 0 Å². The fourth-order valence-corrected chi connectivity index (χ4v) is 13.6. The second-order valence-electron chi connectivity index (χ2n) is 11.8. The number of esters is 1. The van der Waals surface area contributed by atoms with Crippen LogP contribution in [0.3, 0.4) is 0 Å². The van der Waals surface area contributed by atoms with Gasteiger partial charge in [0.1, 0.15) is 6.61 Å². The van der Waals surface area contributed by atoms with E-state index in [0.717, 1.165) is 0 Å². The SMILES string of the molecule is CC(=O)Nc1c(I)c(C(=O)OC(C)OC(=O)OCCNC(=O)Cc2c(I)c(C(=O)NCC(O)CO)c(I)c(C(=O)NCC(O)CO)c2I)c(I)c(N(C)C(C)=O)c1I. The van der Waals surface area contributed by atoms with Crippen molar-refractivity contribution < 1.29 is 68.2 Å². The molecule has 8 N–H and O–H groups in total. The number of carbonyl (C=O) groups excluding carboxylic acids is 7. The highest BCUT2D eigenvalue weighted by Crippen LogP contribution is 2.41. The quantitative estimate of drug-likeness (QED) is 0.0461. The molecule has 0 saturated heterocycles. The number of hydrogen-bond donors (Lipinski definition) is 8. The molecule has 3 unspecified atom stereocenters. The lowest BCUT2D eigenvalue weighted by Gasteiger charge is -2.24. The lowest BCUT2D eigenvalue weighted by Crippen LogP contribution is -2.37. The van der Waals surface area contributed by atoms with E-state index in [1.54, 1.807) is 22.6 Å². The van der Waals surface area contributed by atoms with E-state index in [4.69, 9.17) is 24.4 Å². The number of nitrogens with one attached hydrogen (secondary N) is 4. The molecule has 0 saturated carbocycles. The molecule has 0 aliphatic heterocycles. The van der Waals surface area contributed by atoms with Gasteiger partial charge in [-0.05, 0) is 141 Å². The summed E-state index contributed by atoms with van der Waals surface area (Å²) in [7, 11) is 1.51. The number of hydrogen-bond acceptors (Lipinski definition) is 14. The summed E-state index contributed by atoms with van der Waals surface area (Å²) in [6.07, 6.45) is -5.53. The average molecular weight is 1490 g/mol. The van der Waals surface area contributed by atoms with Gasteiger partial charge in [0.25, 0.3) is 11.8 Å². The lowest BCUT2D eigenvalue weighted by atomic mass is 10.0. The first kappa shape index (κ1) is 52.9. The summed E-state index contributed by atoms with van der Waals surface area (Å²) in [5.41, 5.74) is 0.982. The van der Waals surface area contributed by atoms with E-state index >= 15 is 0 Å². The molecule has 0 fully saturated rings. The van der Waals surface area contributed by atoms with Crippen LogP contribution < -0.4 is 26.2 Å². The predicted octanol–water partition coefficient (Wildman–Crippen LogP) is 2.44. The Balaban J connectivity index is 2.16. The standard InChI is InChI=1S/C33H37I6N5O14/c1-12(47)43-28-25(37)21(26(38)29(27(28)39)44(4)13(2)48)32(54)57-14(3)58-33(55)56-6-5-40-18(51)7-17-22(34)19(30(52)41-8-15(49)10-45)24(36)20(23(17)35)31(53)42-9-16(50)11-46/h14-16,45-46,49-50H,5-11H2,1-4H3,(H,40,51)(H,41,52)(H,42,53)(H,43,47). The van der Waals surface area contributed by atoms with E-state index < -0.39 is 67.5 Å². The number of nitrogens with zero attached hydrogens (tertiary/aromatic N) is 1. The summed E-state index contributed by atoms with van der Waals surface area (Å²) >= 11 is 11.2. The van der Waals surface area contributed by atoms with Crippen LogP contribution in [0.15, 0.2) is 0 Å². The number of rotatable bonds is 18. The molecule has 0 aliphatic carbocycles. The minimum atomic E-state index is -1.46. The molecule has 0 aliphatic rings. The van der Waals surface area contributed by atoms with Gasteiger partial charge in [-0.25, -0.2) is 9.59 Å². The first-order valence-corrected chi connectivity index (χ1v) is 22.9. The van der Waals surface area contributed by atoms with E-state index in [-0.39, 0.29) is 70.1 Å². The van der Waals surface area contributed by atoms with Crippen molar-refractivity contribution in [1.29, 1.82) is 0 Å². The van der Waals surface area contributed by atoms with E-state index in [1.807, 2.05) is 113 Å². The van der Waals surface area contributed by atoms with Crippen molar-refractivity contribution in [3.63, 3.8) is 0 Å². The zero-order valence-corrected chi connectivity index (χ0v) is 43.7. The van der Waals surface area contributed by atoms with Crippen LogP contribution in [-0.4, -0.2) is 127 Å². The predicted molar refractivity (Wildman–Crippen MR) is 257 cm³/mol. The number of ether oxygens (including phenoxy) is 3. The first-order valence-electron chi connectivity index (χ1n) is 16.5. The molecule has 2 aromatic rings. The highest BCUT2D eigenvalue weighted by molar-refractivity contribution is 14.1. The zero-order valence-electron chi connectivity index (χ0n) is 30.8. The summed E-state index contributed by atoms with van der Waals surface area (Å²) in [5.74, 6) is -3.65. The largest absolute Gasteiger partial charge is 0.511 e. The summed E-state index contributed by atoms with van der Waals surface area (Å²) in [5, 5.41) is 48.0. The zero-order chi connectivity index (χ0) is 44.2. The van der Waals surface area contributed by atoms with E-state index in [2.05, 4.69) is 21.3 Å². The maximum Gasteiger partial charge on any atom is 0.511 e. The van der Waals surface area contributed by atoms with Crippen LogP contribution in [0.2, 0.25) is 0 Å². The van der Waals surface area contributed by atoms with Crippen LogP contribution in [-0.2, 0) is 35.0 Å². The maximum atomic E-state index is 13.4. The number of aliphatic hydroxyl groups is 4. The topological polar surface area (TPSA) is 279 Å². The Bertz CT molecular complexity index is 1880. The molecule has 25 heteroatoms. The Morgan fingerprint density at radius 1 is 0.707 bits per heavy atom. The van der Waals surface area contributed by atoms with Gasteiger partial charge in [0.15, 0.2) is 0 Å². The van der Waals surface area contributed by atoms with Gasteiger partial charge in [0.05, 0.1) is 77.2 Å². The van der Waals surface area contributed by atoms with Crippen LogP contribution >= 0.6 is 136 Å².